The van der Waals surface area contributed by atoms with Gasteiger partial charge < -0.3 is 28.4 Å². The van der Waals surface area contributed by atoms with Gasteiger partial charge in [0.1, 0.15) is 54.0 Å². The van der Waals surface area contributed by atoms with Crippen LogP contribution in [0.4, 0.5) is 0 Å². The molecule has 0 unspecified atom stereocenters. The van der Waals surface area contributed by atoms with E-state index in [9.17, 15) is 9.59 Å². The number of esters is 1. The first-order valence-electron chi connectivity index (χ1n) is 14.9. The lowest BCUT2D eigenvalue weighted by Crippen LogP contribution is -2.12. The summed E-state index contributed by atoms with van der Waals surface area (Å²) < 4.78 is 34.7. The summed E-state index contributed by atoms with van der Waals surface area (Å²) in [5, 5.41) is 0. The van der Waals surface area contributed by atoms with Crippen molar-refractivity contribution in [2.24, 2.45) is 0 Å². The highest BCUT2D eigenvalue weighted by Crippen LogP contribution is 2.49. The number of rotatable bonds is 6. The normalized spacial score (nSPS) is 11.4. The molecule has 0 N–H and O–H groups in total. The number of aldehydes is 1. The van der Waals surface area contributed by atoms with Gasteiger partial charge in [0, 0.05) is 5.56 Å². The SMILES string of the molecule is COc1ccc(C(=O)Oc2cc(C)cc3c2-c2c(OC)cc(C)cc2OCc2ccccc2CO3)cc1.COc1ccc(C=O)cc1. The molecule has 0 bridgehead atoms. The van der Waals surface area contributed by atoms with Gasteiger partial charge in [-0.15, -0.1) is 0 Å². The Morgan fingerprint density at radius 2 is 1.13 bits per heavy atom. The van der Waals surface area contributed by atoms with Crippen LogP contribution >= 0.6 is 0 Å². The molecule has 1 aliphatic heterocycles. The minimum atomic E-state index is -0.494. The third kappa shape index (κ3) is 7.73. The number of hydrogen-bond acceptors (Lipinski definition) is 8. The second-order valence-electron chi connectivity index (χ2n) is 10.8. The minimum Gasteiger partial charge on any atom is -0.497 e. The van der Waals surface area contributed by atoms with E-state index >= 15 is 0 Å². The molecule has 0 amide bonds. The molecule has 6 rings (SSSR count). The second-order valence-corrected chi connectivity index (χ2v) is 10.8. The summed E-state index contributed by atoms with van der Waals surface area (Å²) in [4.78, 5) is 23.4. The first-order valence-corrected chi connectivity index (χ1v) is 14.9. The Bertz CT molecular complexity index is 1860. The summed E-state index contributed by atoms with van der Waals surface area (Å²) in [5.41, 5.74) is 6.26. The Hall–Kier alpha value is -5.76. The lowest BCUT2D eigenvalue weighted by Gasteiger charge is -2.24. The Kier molecular flexibility index (Phi) is 10.4. The summed E-state index contributed by atoms with van der Waals surface area (Å²) >= 11 is 0. The molecule has 0 fully saturated rings. The standard InChI is InChI=1S/C31H28O6.C8H8O2/c1-19-13-25(34-4)29-26(14-19)35-17-22-7-5-6-8-23(22)18-36-27-15-20(2)16-28(30(27)29)37-31(32)21-9-11-24(33-3)12-10-21;1-10-8-4-2-7(6-9)3-5-8/h5-16H,17-18H2,1-4H3;2-6H,1H3. The van der Waals surface area contributed by atoms with E-state index in [0.717, 1.165) is 34.3 Å². The van der Waals surface area contributed by atoms with Crippen molar-refractivity contribution in [1.29, 1.82) is 0 Å². The molecular weight excluding hydrogens is 596 g/mol. The Morgan fingerprint density at radius 1 is 0.638 bits per heavy atom. The number of hydrogen-bond donors (Lipinski definition) is 0. The molecule has 0 aromatic heterocycles. The van der Waals surface area contributed by atoms with E-state index < -0.39 is 5.97 Å². The zero-order chi connectivity index (χ0) is 33.3. The fourth-order valence-electron chi connectivity index (χ4n) is 5.12. The van der Waals surface area contributed by atoms with Gasteiger partial charge in [-0.25, -0.2) is 4.79 Å². The van der Waals surface area contributed by atoms with Crippen molar-refractivity contribution in [3.63, 3.8) is 0 Å². The van der Waals surface area contributed by atoms with E-state index in [2.05, 4.69) is 0 Å². The van der Waals surface area contributed by atoms with Gasteiger partial charge in [0.05, 0.1) is 38.0 Å². The third-order valence-electron chi connectivity index (χ3n) is 7.56. The van der Waals surface area contributed by atoms with Crippen LogP contribution in [-0.2, 0) is 13.2 Å². The molecule has 0 atom stereocenters. The van der Waals surface area contributed by atoms with Crippen LogP contribution < -0.4 is 28.4 Å². The van der Waals surface area contributed by atoms with Crippen LogP contribution in [0.1, 0.15) is 43.0 Å². The zero-order valence-corrected chi connectivity index (χ0v) is 27.0. The molecule has 0 spiro atoms. The number of fused-ring (bicyclic) bond motifs is 4. The topological polar surface area (TPSA) is 89.5 Å². The molecule has 0 saturated heterocycles. The molecule has 0 saturated carbocycles. The van der Waals surface area contributed by atoms with Gasteiger partial charge in [-0.05, 0) is 109 Å². The molecule has 8 nitrogen and oxygen atoms in total. The Morgan fingerprint density at radius 3 is 1.62 bits per heavy atom. The van der Waals surface area contributed by atoms with Crippen LogP contribution in [0.2, 0.25) is 0 Å². The predicted molar refractivity (Wildman–Crippen MR) is 179 cm³/mol. The molecular formula is C39H36O8. The quantitative estimate of drug-likeness (QED) is 0.105. The molecule has 47 heavy (non-hydrogen) atoms. The summed E-state index contributed by atoms with van der Waals surface area (Å²) in [6, 6.07) is 29.4. The summed E-state index contributed by atoms with van der Waals surface area (Å²) in [6.07, 6.45) is 0.805. The number of methoxy groups -OCH3 is 3. The molecule has 5 aromatic carbocycles. The van der Waals surface area contributed by atoms with Crippen molar-refractivity contribution >= 4 is 12.3 Å². The first kappa shape index (κ1) is 32.6. The predicted octanol–water partition coefficient (Wildman–Crippen LogP) is 8.19. The van der Waals surface area contributed by atoms with Crippen molar-refractivity contribution in [2.45, 2.75) is 27.1 Å². The van der Waals surface area contributed by atoms with Crippen LogP contribution in [-0.4, -0.2) is 33.6 Å². The van der Waals surface area contributed by atoms with Gasteiger partial charge in [0.25, 0.3) is 0 Å². The van der Waals surface area contributed by atoms with E-state index in [1.165, 1.54) is 0 Å². The molecule has 240 valence electrons. The van der Waals surface area contributed by atoms with Crippen molar-refractivity contribution in [2.75, 3.05) is 21.3 Å². The number of ether oxygens (including phenoxy) is 6. The first-order chi connectivity index (χ1) is 22.8. The van der Waals surface area contributed by atoms with E-state index in [1.807, 2.05) is 62.4 Å². The fourth-order valence-corrected chi connectivity index (χ4v) is 5.12. The van der Waals surface area contributed by atoms with Gasteiger partial charge >= 0.3 is 5.97 Å². The highest BCUT2D eigenvalue weighted by molar-refractivity contribution is 5.94. The lowest BCUT2D eigenvalue weighted by atomic mass is 9.97. The van der Waals surface area contributed by atoms with Crippen molar-refractivity contribution in [3.8, 4) is 45.6 Å². The zero-order valence-electron chi connectivity index (χ0n) is 27.0. The number of aryl methyl sites for hydroxylation is 2. The van der Waals surface area contributed by atoms with Crippen LogP contribution in [0.15, 0.2) is 97.1 Å². The smallest absolute Gasteiger partial charge is 0.343 e. The van der Waals surface area contributed by atoms with Crippen molar-refractivity contribution in [1.82, 2.24) is 0 Å². The maximum atomic E-state index is 13.2. The van der Waals surface area contributed by atoms with Crippen molar-refractivity contribution in [3.05, 3.63) is 130 Å². The number of carbonyl (C=O) groups is 2. The summed E-state index contributed by atoms with van der Waals surface area (Å²) in [5.74, 6) is 3.07. The average molecular weight is 633 g/mol. The molecule has 0 radical (unpaired) electrons. The Labute approximate surface area is 274 Å². The number of carbonyl (C=O) groups excluding carboxylic acids is 2. The van der Waals surface area contributed by atoms with E-state index in [4.69, 9.17) is 28.4 Å². The van der Waals surface area contributed by atoms with E-state index in [0.29, 0.717) is 64.2 Å². The average Bonchev–Trinajstić information content (AvgIpc) is 3.10. The molecule has 8 heteroatoms. The third-order valence-corrected chi connectivity index (χ3v) is 7.56. The largest absolute Gasteiger partial charge is 0.497 e. The summed E-state index contributed by atoms with van der Waals surface area (Å²) in [7, 11) is 4.78. The van der Waals surface area contributed by atoms with Gasteiger partial charge in [0.2, 0.25) is 0 Å². The highest BCUT2D eigenvalue weighted by atomic mass is 16.5. The minimum absolute atomic E-state index is 0.339. The summed E-state index contributed by atoms with van der Waals surface area (Å²) in [6.45, 7) is 4.62. The second kappa shape index (κ2) is 15.0. The maximum Gasteiger partial charge on any atom is 0.343 e. The Balaban J connectivity index is 0.000000371. The van der Waals surface area contributed by atoms with Crippen LogP contribution in [0.5, 0.6) is 34.5 Å². The maximum absolute atomic E-state index is 13.2. The van der Waals surface area contributed by atoms with Crippen LogP contribution in [0.3, 0.4) is 0 Å². The highest BCUT2D eigenvalue weighted by Gasteiger charge is 2.26. The van der Waals surface area contributed by atoms with Gasteiger partial charge in [-0.2, -0.15) is 0 Å². The molecule has 0 aliphatic carbocycles. The van der Waals surface area contributed by atoms with Gasteiger partial charge in [0.15, 0.2) is 0 Å². The number of benzene rings is 5. The van der Waals surface area contributed by atoms with E-state index in [-0.39, 0.29) is 0 Å². The molecule has 1 aliphatic rings. The lowest BCUT2D eigenvalue weighted by molar-refractivity contribution is 0.0735. The monoisotopic (exact) mass is 632 g/mol. The molecule has 5 aromatic rings. The van der Waals surface area contributed by atoms with Crippen LogP contribution in [0.25, 0.3) is 11.1 Å². The fraction of sp³-hybridized carbons (Fsp3) is 0.179. The van der Waals surface area contributed by atoms with Gasteiger partial charge in [-0.1, -0.05) is 24.3 Å². The van der Waals surface area contributed by atoms with Crippen LogP contribution in [0, 0.1) is 13.8 Å². The molecule has 1 heterocycles. The van der Waals surface area contributed by atoms with E-state index in [1.54, 1.807) is 69.9 Å². The van der Waals surface area contributed by atoms with Crippen molar-refractivity contribution < 1.29 is 38.0 Å². The van der Waals surface area contributed by atoms with Gasteiger partial charge in [-0.3, -0.25) is 4.79 Å².